The molecular weight excluding hydrogens is 409 g/mol. The lowest BCUT2D eigenvalue weighted by Gasteiger charge is -2.41. The maximum Gasteiger partial charge on any atom is 0.416 e. The average Bonchev–Trinajstić information content (AvgIpc) is 2.72. The molecule has 0 radical (unpaired) electrons. The van der Waals surface area contributed by atoms with Gasteiger partial charge >= 0.3 is 12.3 Å². The minimum atomic E-state index is -4.41. The molecule has 2 aromatic carbocycles. The van der Waals surface area contributed by atoms with Gasteiger partial charge in [-0.3, -0.25) is 0 Å². The van der Waals surface area contributed by atoms with Crippen molar-refractivity contribution < 1.29 is 27.4 Å². The molecule has 5 nitrogen and oxygen atoms in total. The van der Waals surface area contributed by atoms with E-state index in [4.69, 9.17) is 15.2 Å². The molecule has 0 bridgehead atoms. The van der Waals surface area contributed by atoms with Crippen molar-refractivity contribution >= 4 is 6.09 Å². The summed E-state index contributed by atoms with van der Waals surface area (Å²) in [5, 5.41) is 3.42. The Morgan fingerprint density at radius 1 is 1.26 bits per heavy atom. The number of amides is 1. The molecule has 1 aliphatic heterocycles. The van der Waals surface area contributed by atoms with Crippen LogP contribution in [0, 0.1) is 6.92 Å². The first-order valence-corrected chi connectivity index (χ1v) is 10.2. The number of halogens is 3. The monoisotopic (exact) mass is 436 g/mol. The summed E-state index contributed by atoms with van der Waals surface area (Å²) in [7, 11) is 0. The van der Waals surface area contributed by atoms with E-state index in [0.29, 0.717) is 30.5 Å². The number of carbonyl (C=O) groups is 1. The summed E-state index contributed by atoms with van der Waals surface area (Å²) in [6.07, 6.45) is -4.90. The fourth-order valence-electron chi connectivity index (χ4n) is 3.96. The van der Waals surface area contributed by atoms with Gasteiger partial charge in [0.1, 0.15) is 6.10 Å². The van der Waals surface area contributed by atoms with Gasteiger partial charge in [0.15, 0.2) is 0 Å². The lowest BCUT2D eigenvalue weighted by molar-refractivity contribution is -0.137. The van der Waals surface area contributed by atoms with Crippen LogP contribution in [0.1, 0.15) is 48.1 Å². The highest BCUT2D eigenvalue weighted by molar-refractivity contribution is 5.64. The lowest BCUT2D eigenvalue weighted by atomic mass is 9.82. The number of primary amides is 1. The van der Waals surface area contributed by atoms with Gasteiger partial charge in [-0.1, -0.05) is 42.0 Å². The summed E-state index contributed by atoms with van der Waals surface area (Å²) in [6, 6.07) is 13.7. The Kier molecular flexibility index (Phi) is 6.91. The Bertz CT molecular complexity index is 895. The van der Waals surface area contributed by atoms with Crippen molar-refractivity contribution in [2.75, 3.05) is 13.2 Å². The Hall–Kier alpha value is -2.58. The molecule has 1 saturated heterocycles. The van der Waals surface area contributed by atoms with E-state index < -0.39 is 29.5 Å². The molecule has 3 atom stereocenters. The summed E-state index contributed by atoms with van der Waals surface area (Å²) in [4.78, 5) is 11.1. The van der Waals surface area contributed by atoms with Crippen LogP contribution in [-0.4, -0.2) is 25.3 Å². The maximum atomic E-state index is 13.2. The number of piperidine rings is 1. The van der Waals surface area contributed by atoms with E-state index in [2.05, 4.69) is 5.32 Å². The smallest absolute Gasteiger partial charge is 0.416 e. The molecule has 3 rings (SSSR count). The second kappa shape index (κ2) is 9.28. The van der Waals surface area contributed by atoms with Crippen LogP contribution in [-0.2, 0) is 21.2 Å². The third kappa shape index (κ3) is 5.77. The molecule has 168 valence electrons. The molecule has 3 N–H and O–H groups in total. The molecule has 1 amide bonds. The van der Waals surface area contributed by atoms with Gasteiger partial charge in [0.25, 0.3) is 0 Å². The van der Waals surface area contributed by atoms with Gasteiger partial charge in [0.2, 0.25) is 0 Å². The molecule has 0 aromatic heterocycles. The fraction of sp³-hybridized carbons (Fsp3) is 0.435. The summed E-state index contributed by atoms with van der Waals surface area (Å²) in [6.45, 7) is 4.03. The van der Waals surface area contributed by atoms with Gasteiger partial charge < -0.3 is 20.5 Å². The third-order valence-electron chi connectivity index (χ3n) is 5.65. The number of alkyl halides is 3. The van der Waals surface area contributed by atoms with Crippen LogP contribution in [0.5, 0.6) is 0 Å². The van der Waals surface area contributed by atoms with Crippen LogP contribution in [0.3, 0.4) is 0 Å². The van der Waals surface area contributed by atoms with Crippen LogP contribution in [0.25, 0.3) is 0 Å². The first-order valence-electron chi connectivity index (χ1n) is 10.2. The fourth-order valence-corrected chi connectivity index (χ4v) is 3.96. The number of ether oxygens (including phenoxy) is 2. The Morgan fingerprint density at radius 2 is 1.97 bits per heavy atom. The van der Waals surface area contributed by atoms with E-state index in [1.54, 1.807) is 19.9 Å². The number of nitrogens with two attached hydrogens (primary N) is 1. The first kappa shape index (κ1) is 23.1. The number of carbonyl (C=O) groups excluding carboxylic acids is 1. The molecule has 1 heterocycles. The van der Waals surface area contributed by atoms with Crippen molar-refractivity contribution in [2.45, 2.75) is 50.6 Å². The number of aryl methyl sites for hydroxylation is 1. The normalized spacial score (nSPS) is 22.7. The van der Waals surface area contributed by atoms with Crippen molar-refractivity contribution in [3.8, 4) is 0 Å². The number of hydrogen-bond acceptors (Lipinski definition) is 4. The molecule has 1 fully saturated rings. The second-order valence-corrected chi connectivity index (χ2v) is 8.01. The first-order chi connectivity index (χ1) is 14.6. The average molecular weight is 436 g/mol. The largest absolute Gasteiger partial charge is 0.445 e. The zero-order valence-corrected chi connectivity index (χ0v) is 17.5. The molecular formula is C23H27F3N2O3. The molecule has 0 spiro atoms. The van der Waals surface area contributed by atoms with Crippen molar-refractivity contribution in [3.05, 3.63) is 70.8 Å². The summed E-state index contributed by atoms with van der Waals surface area (Å²) < 4.78 is 50.8. The molecule has 8 heteroatoms. The number of hydrogen-bond donors (Lipinski definition) is 2. The van der Waals surface area contributed by atoms with Crippen LogP contribution >= 0.6 is 0 Å². The van der Waals surface area contributed by atoms with E-state index in [-0.39, 0.29) is 12.7 Å². The van der Waals surface area contributed by atoms with Gasteiger partial charge in [-0.2, -0.15) is 13.2 Å². The number of rotatable bonds is 6. The topological polar surface area (TPSA) is 73.6 Å². The van der Waals surface area contributed by atoms with Crippen LogP contribution in [0.15, 0.2) is 48.5 Å². The molecule has 0 unspecified atom stereocenters. The van der Waals surface area contributed by atoms with Crippen LogP contribution < -0.4 is 11.1 Å². The lowest BCUT2D eigenvalue weighted by Crippen LogP contribution is -2.54. The summed E-state index contributed by atoms with van der Waals surface area (Å²) >= 11 is 0. The van der Waals surface area contributed by atoms with Gasteiger partial charge in [0.05, 0.1) is 23.8 Å². The minimum absolute atomic E-state index is 0.247. The highest BCUT2D eigenvalue weighted by Crippen LogP contribution is 2.35. The highest BCUT2D eigenvalue weighted by Gasteiger charge is 2.38. The Labute approximate surface area is 179 Å². The van der Waals surface area contributed by atoms with Gasteiger partial charge in [0, 0.05) is 6.54 Å². The minimum Gasteiger partial charge on any atom is -0.445 e. The molecule has 0 saturated carbocycles. The van der Waals surface area contributed by atoms with E-state index in [1.165, 1.54) is 0 Å². The second-order valence-electron chi connectivity index (χ2n) is 8.01. The van der Waals surface area contributed by atoms with Crippen molar-refractivity contribution in [1.29, 1.82) is 0 Å². The standard InChI is InChI=1S/C23H27F3N2O3/c1-15-10-17(12-19(11-15)23(24,25)26)16(2)30-14-22(18-6-4-3-5-7-18)9-8-20(13-28-22)31-21(27)29/h3-7,10-12,16,20,28H,8-9,13-14H2,1-2H3,(H2,27,29)/t16-,20+,22-/m1/s1. The molecule has 1 aliphatic rings. The third-order valence-corrected chi connectivity index (χ3v) is 5.65. The van der Waals surface area contributed by atoms with Crippen molar-refractivity contribution in [3.63, 3.8) is 0 Å². The SMILES string of the molecule is Cc1cc([C@@H](C)OC[C@@]2(c3ccccc3)CC[C@H](OC(N)=O)CN2)cc(C(F)(F)F)c1. The van der Waals surface area contributed by atoms with Gasteiger partial charge in [-0.25, -0.2) is 4.79 Å². The highest BCUT2D eigenvalue weighted by atomic mass is 19.4. The summed E-state index contributed by atoms with van der Waals surface area (Å²) in [5.41, 5.74) is 5.89. The quantitative estimate of drug-likeness (QED) is 0.680. The Balaban J connectivity index is 1.77. The van der Waals surface area contributed by atoms with E-state index in [1.807, 2.05) is 30.3 Å². The molecule has 2 aromatic rings. The maximum absolute atomic E-state index is 13.2. The van der Waals surface area contributed by atoms with E-state index in [0.717, 1.165) is 17.7 Å². The predicted molar refractivity (Wildman–Crippen MR) is 110 cm³/mol. The van der Waals surface area contributed by atoms with Gasteiger partial charge in [-0.15, -0.1) is 0 Å². The number of nitrogens with one attached hydrogen (secondary N) is 1. The van der Waals surface area contributed by atoms with E-state index in [9.17, 15) is 18.0 Å². The van der Waals surface area contributed by atoms with Gasteiger partial charge in [-0.05, 0) is 49.9 Å². The van der Waals surface area contributed by atoms with Crippen molar-refractivity contribution in [1.82, 2.24) is 5.32 Å². The Morgan fingerprint density at radius 3 is 2.55 bits per heavy atom. The van der Waals surface area contributed by atoms with Crippen LogP contribution in [0.4, 0.5) is 18.0 Å². The zero-order chi connectivity index (χ0) is 22.6. The molecule has 31 heavy (non-hydrogen) atoms. The van der Waals surface area contributed by atoms with Crippen LogP contribution in [0.2, 0.25) is 0 Å². The summed E-state index contributed by atoms with van der Waals surface area (Å²) in [5.74, 6) is 0. The number of benzene rings is 2. The molecule has 0 aliphatic carbocycles. The predicted octanol–water partition coefficient (Wildman–Crippen LogP) is 4.83. The van der Waals surface area contributed by atoms with Crippen molar-refractivity contribution in [2.24, 2.45) is 5.73 Å². The zero-order valence-electron chi connectivity index (χ0n) is 17.5. The van der Waals surface area contributed by atoms with E-state index >= 15 is 0 Å².